The Hall–Kier alpha value is -3.29. The van der Waals surface area contributed by atoms with Crippen molar-refractivity contribution in [1.29, 1.82) is 0 Å². The number of nitrogens with two attached hydrogens (primary N) is 1. The molecule has 382 valence electrons. The predicted octanol–water partition coefficient (Wildman–Crippen LogP) is 4.70. The number of ether oxygens (including phenoxy) is 6. The molecule has 17 heteroatoms. The number of ketones is 2. The number of amides is 2. The van der Waals surface area contributed by atoms with E-state index in [1.807, 2.05) is 26.0 Å². The summed E-state index contributed by atoms with van der Waals surface area (Å²) in [5.74, 6) is -8.47. The van der Waals surface area contributed by atoms with Crippen LogP contribution in [0.15, 0.2) is 23.3 Å². The van der Waals surface area contributed by atoms with E-state index in [0.717, 1.165) is 36.2 Å². The van der Waals surface area contributed by atoms with E-state index in [1.165, 1.54) is 14.2 Å². The zero-order valence-corrected chi connectivity index (χ0v) is 41.5. The Balaban J connectivity index is 1.72. The van der Waals surface area contributed by atoms with Gasteiger partial charge in [0.15, 0.2) is 0 Å². The number of nitrogens with one attached hydrogen (secondary N) is 1. The highest BCUT2D eigenvalue weighted by molar-refractivity contribution is 6.39. The summed E-state index contributed by atoms with van der Waals surface area (Å²) in [6.07, 6.45) is 5.07. The SMILES string of the molecule is CO[C@H]1C[C@@H](C)C/C(C)=C/[C@@H](CCOC(=O)NCCCCCCN)C(=O)C[C@H](O)[C@@H](C)[C@@H](/C(C)=C/[C@@H]2CC[C@@H](O)[C@H](OC)C2)OC(=O)[C@@H]2CCCCN2C(=O)C(=O)[C@]2(O)O[C@H]1[C@@H](OC)C[C@H]2C. The number of hydrogen-bond acceptors (Lipinski definition) is 15. The van der Waals surface area contributed by atoms with E-state index in [4.69, 9.17) is 34.2 Å². The average Bonchev–Trinajstić information content (AvgIpc) is 3.30. The lowest BCUT2D eigenvalue weighted by molar-refractivity contribution is -0.302. The number of aliphatic hydroxyl groups is 3. The van der Waals surface area contributed by atoms with Gasteiger partial charge >= 0.3 is 12.1 Å². The van der Waals surface area contributed by atoms with Crippen LogP contribution in [0.2, 0.25) is 0 Å². The number of carbonyl (C=O) groups excluding carboxylic acids is 5. The van der Waals surface area contributed by atoms with Gasteiger partial charge < -0.3 is 59.7 Å². The largest absolute Gasteiger partial charge is 0.456 e. The van der Waals surface area contributed by atoms with E-state index < -0.39 is 96.1 Å². The smallest absolute Gasteiger partial charge is 0.407 e. The van der Waals surface area contributed by atoms with Gasteiger partial charge in [-0.25, -0.2) is 9.59 Å². The van der Waals surface area contributed by atoms with E-state index in [1.54, 1.807) is 27.9 Å². The number of rotatable bonds is 14. The monoisotopic (exact) mass is 950 g/mol. The van der Waals surface area contributed by atoms with Crippen molar-refractivity contribution in [2.45, 2.75) is 185 Å². The van der Waals surface area contributed by atoms with Crippen LogP contribution < -0.4 is 11.1 Å². The molecular formula is C50H83N3O14. The second kappa shape index (κ2) is 27.2. The summed E-state index contributed by atoms with van der Waals surface area (Å²) < 4.78 is 35.5. The van der Waals surface area contributed by atoms with Gasteiger partial charge in [-0.15, -0.1) is 0 Å². The number of piperidine rings is 1. The molecular weight excluding hydrogens is 867 g/mol. The number of carbonyl (C=O) groups is 5. The zero-order valence-electron chi connectivity index (χ0n) is 41.5. The number of methoxy groups -OCH3 is 3. The summed E-state index contributed by atoms with van der Waals surface area (Å²) in [5.41, 5.74) is 7.06. The van der Waals surface area contributed by atoms with E-state index in [-0.39, 0.29) is 56.5 Å². The van der Waals surface area contributed by atoms with Crippen LogP contribution in [0.1, 0.15) is 131 Å². The molecule has 0 aromatic rings. The number of cyclic esters (lactones) is 1. The van der Waals surface area contributed by atoms with Crippen molar-refractivity contribution < 1.29 is 67.7 Å². The topological polar surface area (TPSA) is 243 Å². The molecule has 0 aromatic carbocycles. The van der Waals surface area contributed by atoms with Crippen molar-refractivity contribution in [3.05, 3.63) is 23.3 Å². The fraction of sp³-hybridized carbons (Fsp3) is 0.820. The summed E-state index contributed by atoms with van der Waals surface area (Å²) in [7, 11) is 4.56. The van der Waals surface area contributed by atoms with Crippen molar-refractivity contribution in [3.8, 4) is 0 Å². The fourth-order valence-electron chi connectivity index (χ4n) is 10.4. The van der Waals surface area contributed by atoms with Crippen LogP contribution in [0, 0.1) is 29.6 Å². The highest BCUT2D eigenvalue weighted by Crippen LogP contribution is 2.39. The predicted molar refractivity (Wildman–Crippen MR) is 249 cm³/mol. The van der Waals surface area contributed by atoms with Crippen molar-refractivity contribution >= 4 is 29.5 Å². The van der Waals surface area contributed by atoms with Gasteiger partial charge in [0.1, 0.15) is 24.0 Å². The van der Waals surface area contributed by atoms with Crippen LogP contribution in [0.25, 0.3) is 0 Å². The van der Waals surface area contributed by atoms with Crippen LogP contribution in [0.4, 0.5) is 4.79 Å². The molecule has 2 bridgehead atoms. The van der Waals surface area contributed by atoms with Crippen molar-refractivity contribution in [1.82, 2.24) is 10.2 Å². The first kappa shape index (κ1) is 56.3. The van der Waals surface area contributed by atoms with Gasteiger partial charge in [0, 0.05) is 58.6 Å². The van der Waals surface area contributed by atoms with Gasteiger partial charge in [0.25, 0.3) is 11.7 Å². The van der Waals surface area contributed by atoms with Crippen LogP contribution in [-0.4, -0.2) is 152 Å². The Kier molecular flexibility index (Phi) is 22.9. The molecule has 0 spiro atoms. The first-order valence-electron chi connectivity index (χ1n) is 24.8. The van der Waals surface area contributed by atoms with Crippen LogP contribution in [0.3, 0.4) is 0 Å². The minimum atomic E-state index is -2.55. The number of aliphatic hydroxyl groups excluding tert-OH is 2. The fourth-order valence-corrected chi connectivity index (χ4v) is 10.4. The van der Waals surface area contributed by atoms with Gasteiger partial charge in [0.05, 0.1) is 37.1 Å². The molecule has 4 rings (SSSR count). The number of alkyl carbamates (subject to hydrolysis) is 1. The third-order valence-electron chi connectivity index (χ3n) is 14.5. The van der Waals surface area contributed by atoms with Gasteiger partial charge in [-0.1, -0.05) is 51.3 Å². The van der Waals surface area contributed by atoms with Crippen LogP contribution in [0.5, 0.6) is 0 Å². The molecule has 4 aliphatic rings. The lowest BCUT2D eigenvalue weighted by atomic mass is 9.81. The quantitative estimate of drug-likeness (QED) is 0.0686. The lowest BCUT2D eigenvalue weighted by Gasteiger charge is -2.47. The third kappa shape index (κ3) is 15.6. The van der Waals surface area contributed by atoms with E-state index in [2.05, 4.69) is 5.32 Å². The molecule has 0 unspecified atom stereocenters. The molecule has 1 aliphatic carbocycles. The average molecular weight is 950 g/mol. The Morgan fingerprint density at radius 2 is 1.60 bits per heavy atom. The van der Waals surface area contributed by atoms with Crippen molar-refractivity contribution in [3.63, 3.8) is 0 Å². The number of hydrogen-bond donors (Lipinski definition) is 5. The molecule has 0 aromatic heterocycles. The minimum absolute atomic E-state index is 0.0547. The highest BCUT2D eigenvalue weighted by atomic mass is 16.7. The van der Waals surface area contributed by atoms with Gasteiger partial charge in [0.2, 0.25) is 5.79 Å². The normalized spacial score (nSPS) is 36.5. The number of Topliss-reactive ketones (excluding diaryl/α,β-unsaturated/α-hetero) is 2. The molecule has 17 nitrogen and oxygen atoms in total. The van der Waals surface area contributed by atoms with Crippen LogP contribution in [-0.2, 0) is 47.6 Å². The van der Waals surface area contributed by atoms with Crippen molar-refractivity contribution in [2.24, 2.45) is 35.3 Å². The maximum atomic E-state index is 14.5. The summed E-state index contributed by atoms with van der Waals surface area (Å²) >= 11 is 0. The maximum Gasteiger partial charge on any atom is 0.407 e. The number of unbranched alkanes of at least 4 members (excludes halogenated alkanes) is 3. The van der Waals surface area contributed by atoms with Gasteiger partial charge in [-0.2, -0.15) is 0 Å². The van der Waals surface area contributed by atoms with Crippen molar-refractivity contribution in [2.75, 3.05) is 47.6 Å². The standard InChI is InChI=1S/C50H83N3O14/c1-30-23-31(2)25-42(63-7)45-43(64-8)27-33(4)50(61,67-45)46(57)47(58)53-21-14-11-15-37(53)48(59)66-44(32(3)26-35-16-17-38(54)41(28-35)62-6)34(5)39(55)29-40(56)36(24-30)18-22-65-49(60)52-20-13-10-9-12-19-51/h24,26,31,33-39,41-45,54-55,61H,9-23,25,27-29,51H2,1-8H3,(H,52,60)/b30-24+,32-26+/t31-,33+,34+,35-,36+,37-,38+,39-,41+,42-,43-,44+,45+,50+/m0/s1. The molecule has 3 aliphatic heterocycles. The summed E-state index contributed by atoms with van der Waals surface area (Å²) in [5, 5.41) is 37.3. The van der Waals surface area contributed by atoms with E-state index >= 15 is 0 Å². The lowest BCUT2D eigenvalue weighted by Crippen LogP contribution is -2.64. The summed E-state index contributed by atoms with van der Waals surface area (Å²) in [6, 6.07) is -1.19. The number of fused-ring (bicyclic) bond motifs is 3. The maximum absolute atomic E-state index is 14.5. The molecule has 6 N–H and O–H groups in total. The first-order valence-corrected chi connectivity index (χ1v) is 24.8. The second-order valence-corrected chi connectivity index (χ2v) is 19.8. The number of esters is 1. The van der Waals surface area contributed by atoms with E-state index in [0.29, 0.717) is 63.6 Å². The molecule has 2 saturated heterocycles. The molecule has 0 radical (unpaired) electrons. The Bertz CT molecular complexity index is 1690. The van der Waals surface area contributed by atoms with E-state index in [9.17, 15) is 39.3 Å². The Morgan fingerprint density at radius 3 is 2.28 bits per heavy atom. The molecule has 2 amide bonds. The molecule has 14 atom stereocenters. The number of nitrogens with zero attached hydrogens (tertiary/aromatic N) is 1. The number of allylic oxidation sites excluding steroid dienone is 3. The summed E-state index contributed by atoms with van der Waals surface area (Å²) in [6.45, 7) is 10.1. The summed E-state index contributed by atoms with van der Waals surface area (Å²) in [4.78, 5) is 71.3. The molecule has 67 heavy (non-hydrogen) atoms. The minimum Gasteiger partial charge on any atom is -0.456 e. The van der Waals surface area contributed by atoms with Crippen LogP contribution >= 0.6 is 0 Å². The second-order valence-electron chi connectivity index (χ2n) is 19.8. The Labute approximate surface area is 398 Å². The van der Waals surface area contributed by atoms with Gasteiger partial charge in [-0.3, -0.25) is 14.4 Å². The molecule has 3 heterocycles. The highest BCUT2D eigenvalue weighted by Gasteiger charge is 2.56. The first-order chi connectivity index (χ1) is 31.9. The molecule has 3 fully saturated rings. The Morgan fingerprint density at radius 1 is 0.910 bits per heavy atom. The van der Waals surface area contributed by atoms with Gasteiger partial charge in [-0.05, 0) is 115 Å². The molecule has 1 saturated carbocycles. The third-order valence-corrected chi connectivity index (χ3v) is 14.5. The zero-order chi connectivity index (χ0) is 49.4.